The van der Waals surface area contributed by atoms with Crippen LogP contribution in [-0.4, -0.2) is 55.0 Å². The minimum atomic E-state index is -4.40. The highest BCUT2D eigenvalue weighted by Crippen LogP contribution is 2.37. The van der Waals surface area contributed by atoms with Gasteiger partial charge in [0.1, 0.15) is 6.07 Å². The quantitative estimate of drug-likeness (QED) is 0.671. The zero-order valence-electron chi connectivity index (χ0n) is 18.5. The minimum absolute atomic E-state index is 0. The predicted octanol–water partition coefficient (Wildman–Crippen LogP) is 3.30. The van der Waals surface area contributed by atoms with Gasteiger partial charge in [0.25, 0.3) is 0 Å². The van der Waals surface area contributed by atoms with E-state index in [0.29, 0.717) is 48.2 Å². The lowest BCUT2D eigenvalue weighted by Crippen LogP contribution is -2.55. The van der Waals surface area contributed by atoms with Crippen LogP contribution in [0.4, 0.5) is 18.9 Å². The van der Waals surface area contributed by atoms with Crippen LogP contribution in [0.15, 0.2) is 30.5 Å². The van der Waals surface area contributed by atoms with Gasteiger partial charge in [-0.2, -0.15) is 18.4 Å². The number of pyridine rings is 1. The summed E-state index contributed by atoms with van der Waals surface area (Å²) in [7, 11) is 0. The molecule has 2 aromatic rings. The van der Waals surface area contributed by atoms with E-state index in [0.717, 1.165) is 0 Å². The number of anilines is 1. The van der Waals surface area contributed by atoms with Crippen LogP contribution < -0.4 is 16.0 Å². The Morgan fingerprint density at radius 2 is 2.03 bits per heavy atom. The summed E-state index contributed by atoms with van der Waals surface area (Å²) in [4.78, 5) is 18.6. The average Bonchev–Trinajstić information content (AvgIpc) is 2.77. The number of nitrogens with two attached hydrogens (primary N) is 1. The molecule has 1 amide bonds. The molecule has 11 heteroatoms. The van der Waals surface area contributed by atoms with Gasteiger partial charge in [-0.05, 0) is 43.5 Å². The molecular formula is C23H27ClF3N5O2. The Morgan fingerprint density at radius 1 is 1.29 bits per heavy atom. The fourth-order valence-electron chi connectivity index (χ4n) is 4.71. The lowest BCUT2D eigenvalue weighted by atomic mass is 9.87. The molecule has 4 rings (SSSR count). The number of aromatic nitrogens is 1. The largest absolute Gasteiger partial charge is 0.393 e. The van der Waals surface area contributed by atoms with Crippen LogP contribution >= 0.6 is 12.4 Å². The third kappa shape index (κ3) is 5.71. The van der Waals surface area contributed by atoms with Crippen molar-refractivity contribution in [2.45, 2.75) is 43.4 Å². The number of halogens is 4. The third-order valence-corrected chi connectivity index (χ3v) is 6.49. The number of nitrogens with one attached hydrogen (secondary N) is 1. The van der Waals surface area contributed by atoms with Crippen molar-refractivity contribution in [2.24, 2.45) is 11.7 Å². The summed E-state index contributed by atoms with van der Waals surface area (Å²) in [6, 6.07) is 8.03. The molecule has 1 aromatic carbocycles. The molecule has 2 aliphatic rings. The number of fused-ring (bicyclic) bond motifs is 1. The second-order valence-corrected chi connectivity index (χ2v) is 8.94. The zero-order chi connectivity index (χ0) is 23.6. The van der Waals surface area contributed by atoms with E-state index in [1.165, 1.54) is 0 Å². The number of nitrogens with zero attached hydrogens (tertiary/aromatic N) is 3. The highest BCUT2D eigenvalue weighted by atomic mass is 35.5. The van der Waals surface area contributed by atoms with Crippen molar-refractivity contribution in [3.63, 3.8) is 0 Å². The Labute approximate surface area is 201 Å². The molecule has 2 atom stereocenters. The van der Waals surface area contributed by atoms with Crippen LogP contribution in [-0.2, 0) is 9.53 Å². The molecule has 1 aromatic heterocycles. The number of alkyl halides is 3. The number of piperidine rings is 1. The van der Waals surface area contributed by atoms with Gasteiger partial charge in [-0.3, -0.25) is 9.78 Å². The number of hydrogen-bond acceptors (Lipinski definition) is 6. The van der Waals surface area contributed by atoms with E-state index in [-0.39, 0.29) is 44.2 Å². The van der Waals surface area contributed by atoms with Crippen LogP contribution in [0.1, 0.15) is 31.2 Å². The molecule has 2 aliphatic heterocycles. The predicted molar refractivity (Wildman–Crippen MR) is 124 cm³/mol. The molecule has 0 aliphatic carbocycles. The van der Waals surface area contributed by atoms with Gasteiger partial charge >= 0.3 is 6.18 Å². The maximum atomic E-state index is 13.8. The number of benzene rings is 1. The standard InChI is InChI=1S/C23H26F3N5O2.ClH/c24-23(25,26)16-10-17(30-20(32)11-22(28)5-8-33-9-6-22)14-31(13-16)19-4-3-15(12-27)21-18(19)2-1-7-29-21;/h1-4,7,16-17H,5-6,8-11,13-14,28H2,(H,30,32);1H. The van der Waals surface area contributed by atoms with Gasteiger partial charge in [0.2, 0.25) is 5.91 Å². The van der Waals surface area contributed by atoms with E-state index in [1.807, 2.05) is 0 Å². The lowest BCUT2D eigenvalue weighted by molar-refractivity contribution is -0.178. The monoisotopic (exact) mass is 497 g/mol. The first-order chi connectivity index (χ1) is 15.7. The molecule has 34 heavy (non-hydrogen) atoms. The van der Waals surface area contributed by atoms with Crippen molar-refractivity contribution >= 4 is 34.9 Å². The molecule has 0 bridgehead atoms. The van der Waals surface area contributed by atoms with E-state index in [4.69, 9.17) is 10.5 Å². The van der Waals surface area contributed by atoms with E-state index in [1.54, 1.807) is 35.4 Å². The first-order valence-corrected chi connectivity index (χ1v) is 10.9. The van der Waals surface area contributed by atoms with Gasteiger partial charge in [0.15, 0.2) is 0 Å². The molecule has 184 valence electrons. The van der Waals surface area contributed by atoms with Gasteiger partial charge in [0, 0.05) is 61.6 Å². The lowest BCUT2D eigenvalue weighted by Gasteiger charge is -2.41. The van der Waals surface area contributed by atoms with Crippen LogP contribution in [0, 0.1) is 17.2 Å². The second-order valence-electron chi connectivity index (χ2n) is 8.94. The summed E-state index contributed by atoms with van der Waals surface area (Å²) < 4.78 is 46.6. The van der Waals surface area contributed by atoms with Crippen molar-refractivity contribution in [1.82, 2.24) is 10.3 Å². The Hall–Kier alpha value is -2.61. The fraction of sp³-hybridized carbons (Fsp3) is 0.522. The average molecular weight is 498 g/mol. The van der Waals surface area contributed by atoms with Crippen molar-refractivity contribution in [2.75, 3.05) is 31.2 Å². The number of carbonyl (C=O) groups excluding carboxylic acids is 1. The molecule has 2 unspecified atom stereocenters. The molecule has 2 saturated heterocycles. The first kappa shape index (κ1) is 26.0. The third-order valence-electron chi connectivity index (χ3n) is 6.49. The maximum Gasteiger partial charge on any atom is 0.393 e. The van der Waals surface area contributed by atoms with Crippen LogP contribution in [0.25, 0.3) is 10.9 Å². The van der Waals surface area contributed by atoms with Crippen LogP contribution in [0.2, 0.25) is 0 Å². The minimum Gasteiger partial charge on any atom is -0.381 e. The van der Waals surface area contributed by atoms with Gasteiger partial charge in [-0.1, -0.05) is 0 Å². The fourth-order valence-corrected chi connectivity index (χ4v) is 4.71. The molecular weight excluding hydrogens is 471 g/mol. The Bertz CT molecular complexity index is 1070. The summed E-state index contributed by atoms with van der Waals surface area (Å²) in [6.07, 6.45) is -1.94. The molecule has 7 nitrogen and oxygen atoms in total. The van der Waals surface area contributed by atoms with Gasteiger partial charge in [0.05, 0.1) is 17.0 Å². The topological polar surface area (TPSA) is 104 Å². The van der Waals surface area contributed by atoms with Gasteiger partial charge in [-0.15, -0.1) is 12.4 Å². The van der Waals surface area contributed by atoms with Crippen molar-refractivity contribution < 1.29 is 22.7 Å². The molecule has 2 fully saturated rings. The summed E-state index contributed by atoms with van der Waals surface area (Å²) >= 11 is 0. The number of amides is 1. The highest BCUT2D eigenvalue weighted by molar-refractivity contribution is 5.95. The van der Waals surface area contributed by atoms with Crippen LogP contribution in [0.3, 0.4) is 0 Å². The number of ether oxygens (including phenoxy) is 1. The number of rotatable bonds is 4. The zero-order valence-corrected chi connectivity index (χ0v) is 19.3. The summed E-state index contributed by atoms with van der Waals surface area (Å²) in [5.74, 6) is -1.95. The van der Waals surface area contributed by atoms with Gasteiger partial charge < -0.3 is 20.7 Å². The molecule has 3 heterocycles. The van der Waals surface area contributed by atoms with E-state index in [9.17, 15) is 23.2 Å². The Balaban J connectivity index is 0.00000324. The Morgan fingerprint density at radius 3 is 2.71 bits per heavy atom. The summed E-state index contributed by atoms with van der Waals surface area (Å²) in [5, 5.41) is 12.8. The molecule has 0 saturated carbocycles. The van der Waals surface area contributed by atoms with Crippen molar-refractivity contribution in [1.29, 1.82) is 5.26 Å². The SMILES string of the molecule is Cl.N#Cc1ccc(N2CC(NC(=O)CC3(N)CCOCC3)CC(C(F)(F)F)C2)c2cccnc12. The van der Waals surface area contributed by atoms with E-state index in [2.05, 4.69) is 16.4 Å². The summed E-state index contributed by atoms with van der Waals surface area (Å²) in [5.41, 5.74) is 6.96. The van der Waals surface area contributed by atoms with Crippen molar-refractivity contribution in [3.8, 4) is 6.07 Å². The van der Waals surface area contributed by atoms with Crippen molar-refractivity contribution in [3.05, 3.63) is 36.0 Å². The molecule has 3 N–H and O–H groups in total. The van der Waals surface area contributed by atoms with E-state index < -0.39 is 23.7 Å². The van der Waals surface area contributed by atoms with Crippen LogP contribution in [0.5, 0.6) is 0 Å². The number of carbonyl (C=O) groups is 1. The normalized spacial score (nSPS) is 22.5. The molecule has 0 spiro atoms. The smallest absolute Gasteiger partial charge is 0.381 e. The number of hydrogen-bond donors (Lipinski definition) is 2. The summed E-state index contributed by atoms with van der Waals surface area (Å²) in [6.45, 7) is 0.923. The molecule has 0 radical (unpaired) electrons. The van der Waals surface area contributed by atoms with Gasteiger partial charge in [-0.25, -0.2) is 0 Å². The van der Waals surface area contributed by atoms with E-state index >= 15 is 0 Å². The highest BCUT2D eigenvalue weighted by Gasteiger charge is 2.45. The second kappa shape index (κ2) is 10.3. The Kier molecular flexibility index (Phi) is 7.91. The maximum absolute atomic E-state index is 13.8. The number of nitriles is 1. The first-order valence-electron chi connectivity index (χ1n) is 10.9.